The fraction of sp³-hybridized carbons (Fsp3) is 0.419. The van der Waals surface area contributed by atoms with E-state index in [1.54, 1.807) is 131 Å². The van der Waals surface area contributed by atoms with Crippen molar-refractivity contribution in [2.24, 2.45) is 23.3 Å². The van der Waals surface area contributed by atoms with E-state index in [4.69, 9.17) is 11.5 Å². The molecule has 6 aromatic carbocycles. The lowest BCUT2D eigenvalue weighted by Crippen LogP contribution is -2.60. The minimum atomic E-state index is -1.86. The summed E-state index contributed by atoms with van der Waals surface area (Å²) in [6, 6.07) is 18.2. The highest BCUT2D eigenvalue weighted by atomic mass is 32.2. The molecule has 0 aliphatic rings. The average Bonchev–Trinajstić information content (AvgIpc) is 1.69. The van der Waals surface area contributed by atoms with Crippen LogP contribution in [0, 0.1) is 29.3 Å². The summed E-state index contributed by atoms with van der Waals surface area (Å²) in [5.74, 6) is -21.1. The van der Waals surface area contributed by atoms with E-state index in [1.165, 1.54) is 97.3 Å². The zero-order valence-electron chi connectivity index (χ0n) is 75.5. The van der Waals surface area contributed by atoms with Gasteiger partial charge in [-0.25, -0.2) is 13.2 Å². The lowest BCUT2D eigenvalue weighted by Gasteiger charge is -2.36. The number of aromatic nitrogens is 1. The van der Waals surface area contributed by atoms with Crippen LogP contribution in [0.5, 0.6) is 11.5 Å². The first kappa shape index (κ1) is 105. The second-order valence-corrected chi connectivity index (χ2v) is 34.3. The third-order valence-electron chi connectivity index (χ3n) is 22.6. The van der Waals surface area contributed by atoms with Crippen LogP contribution in [0.15, 0.2) is 152 Å². The number of primary amides is 1. The van der Waals surface area contributed by atoms with Crippen molar-refractivity contribution in [2.45, 2.75) is 178 Å². The molecule has 35 nitrogen and oxygen atoms in total. The molecule has 0 aliphatic carbocycles. The third kappa shape index (κ3) is 30.8. The number of para-hydroxylation sites is 1. The van der Waals surface area contributed by atoms with Gasteiger partial charge in [0, 0.05) is 83.8 Å². The number of aliphatic carboxylic acids is 1. The van der Waals surface area contributed by atoms with Crippen LogP contribution < -0.4 is 54.0 Å². The number of thioether (sulfide) groups is 1. The summed E-state index contributed by atoms with van der Waals surface area (Å²) in [6.07, 6.45) is -0.692. The van der Waals surface area contributed by atoms with Gasteiger partial charge in [0.25, 0.3) is 0 Å². The molecule has 710 valence electrons. The monoisotopic (exact) mass is 1850 g/mol. The molecule has 16 N–H and O–H groups in total. The zero-order valence-corrected chi connectivity index (χ0v) is 76.3. The maximum Gasteiger partial charge on any atom is 0.305 e. The number of amides is 13. The molecule has 0 bridgehead atoms. The van der Waals surface area contributed by atoms with Crippen LogP contribution in [0.4, 0.5) is 13.2 Å². The molecule has 1 unspecified atom stereocenters. The number of nitrogens with two attached hydrogens (primary N) is 2. The summed E-state index contributed by atoms with van der Waals surface area (Å²) in [5, 5.41) is 51.4. The number of rotatable bonds is 50. The number of Topliss-reactive ketones (excluding diaryl/α,β-unsaturated/α-hetero) is 1. The molecule has 0 saturated heterocycles. The number of carboxylic acid groups (broad SMARTS) is 1. The number of fused-ring (bicyclic) bond motifs is 1. The van der Waals surface area contributed by atoms with Gasteiger partial charge in [-0.1, -0.05) is 131 Å². The van der Waals surface area contributed by atoms with E-state index in [2.05, 4.69) is 47.5 Å². The van der Waals surface area contributed by atoms with Crippen molar-refractivity contribution < 1.29 is 105 Å². The van der Waals surface area contributed by atoms with Crippen molar-refractivity contribution in [3.8, 4) is 11.5 Å². The Hall–Kier alpha value is -13.6. The fourth-order valence-electron chi connectivity index (χ4n) is 14.3. The Morgan fingerprint density at radius 1 is 0.462 bits per heavy atom. The van der Waals surface area contributed by atoms with Gasteiger partial charge >= 0.3 is 5.97 Å². The van der Waals surface area contributed by atoms with Crippen molar-refractivity contribution in [3.63, 3.8) is 0 Å². The van der Waals surface area contributed by atoms with E-state index < -0.39 is 228 Å². The Kier molecular flexibility index (Phi) is 40.0. The van der Waals surface area contributed by atoms with Gasteiger partial charge in [-0.15, -0.1) is 11.8 Å². The highest BCUT2D eigenvalue weighted by Gasteiger charge is 2.41. The minimum Gasteiger partial charge on any atom is -0.508 e. The van der Waals surface area contributed by atoms with Gasteiger partial charge in [0.05, 0.1) is 49.4 Å². The minimum absolute atomic E-state index is 0.0696. The van der Waals surface area contributed by atoms with Crippen LogP contribution in [0.3, 0.4) is 0 Å². The maximum absolute atomic E-state index is 15.4. The number of benzene rings is 6. The number of aromatic amines is 1. The van der Waals surface area contributed by atoms with E-state index in [9.17, 15) is 72.4 Å². The number of likely N-dealkylation sites (N-methyl/N-ethyl adjacent to an activating group) is 5. The smallest absolute Gasteiger partial charge is 0.305 e. The Morgan fingerprint density at radius 2 is 0.917 bits per heavy atom. The second kappa shape index (κ2) is 50.0. The predicted molar refractivity (Wildman–Crippen MR) is 484 cm³/mol. The number of H-pyrrole nitrogens is 1. The molecule has 1 aromatic heterocycles. The van der Waals surface area contributed by atoms with Gasteiger partial charge in [0.1, 0.15) is 72.2 Å². The number of carbonyl (C=O) groups is 16. The molecule has 0 aliphatic heterocycles. The fourth-order valence-corrected chi connectivity index (χ4v) is 15.2. The Labute approximate surface area is 766 Å². The summed E-state index contributed by atoms with van der Waals surface area (Å²) in [5.41, 5.74) is 14.6. The number of phenolic OH excluding ortho intramolecular Hbond substituents is 2. The predicted octanol–water partition coefficient (Wildman–Crippen LogP) is 2.42. The van der Waals surface area contributed by atoms with Gasteiger partial charge in [0.15, 0.2) is 23.2 Å². The summed E-state index contributed by atoms with van der Waals surface area (Å²) in [6.45, 7) is 9.70. The lowest BCUT2D eigenvalue weighted by molar-refractivity contribution is -0.151. The molecular formula is C93H117F3N16O19S. The summed E-state index contributed by atoms with van der Waals surface area (Å²) >= 11 is 0.661. The van der Waals surface area contributed by atoms with Gasteiger partial charge in [-0.3, -0.25) is 77.2 Å². The SMILES string of the molecule is CC(C)C[C@H](NC(=O)[C@H](Cc1ccc(O)cc1)NC(=O)[C@H](Cc1c[nH]c2ccccc12)NC(=O)[C@@H](C)N(C)C(=O)[C@H](Cc1ccc(O)cc1)NCC(=O)C(Cc1ccccc1)N(C)C(=O)[C@@H](N)C(C)C)C(=O)N[C@@H](CSCC(=O)N[C@@H](Cc1cc(F)c(F)c(F)c1)C(=O)N(C)[C@@H](Cc1ccccc1)C(=O)N(C)[C@@H](C)C(=O)N(C)[C@H](C)C(=O)N[C@H](C=O)CC(=O)O)C(=O)NCC(N)=O. The molecule has 132 heavy (non-hydrogen) atoms. The van der Waals surface area contributed by atoms with E-state index in [-0.39, 0.29) is 67.8 Å². The van der Waals surface area contributed by atoms with Crippen LogP contribution in [-0.2, 0) is 115 Å². The van der Waals surface area contributed by atoms with Gasteiger partial charge in [0.2, 0.25) is 76.8 Å². The topological polar surface area (TPSA) is 514 Å². The first-order valence-electron chi connectivity index (χ1n) is 42.7. The maximum atomic E-state index is 15.4. The van der Waals surface area contributed by atoms with Crippen LogP contribution in [0.2, 0.25) is 0 Å². The first-order valence-corrected chi connectivity index (χ1v) is 43.8. The van der Waals surface area contributed by atoms with Crippen LogP contribution in [0.25, 0.3) is 10.9 Å². The normalized spacial score (nSPS) is 14.2. The summed E-state index contributed by atoms with van der Waals surface area (Å²) in [7, 11) is 6.43. The Balaban J connectivity index is 1.14. The van der Waals surface area contributed by atoms with E-state index in [0.29, 0.717) is 57.1 Å². The zero-order chi connectivity index (χ0) is 97.7. The van der Waals surface area contributed by atoms with Gasteiger partial charge in [-0.2, -0.15) is 0 Å². The number of nitrogens with one attached hydrogen (secondary N) is 9. The molecule has 7 aromatic rings. The van der Waals surface area contributed by atoms with Crippen molar-refractivity contribution in [2.75, 3.05) is 59.8 Å². The number of halogens is 3. The van der Waals surface area contributed by atoms with Crippen LogP contribution in [0.1, 0.15) is 94.7 Å². The third-order valence-corrected chi connectivity index (χ3v) is 23.6. The number of carbonyl (C=O) groups excluding carboxylic acids is 15. The number of carboxylic acids is 1. The molecule has 0 fully saturated rings. The van der Waals surface area contributed by atoms with E-state index in [0.717, 1.165) is 25.2 Å². The molecule has 13 amide bonds. The number of aldehydes is 1. The van der Waals surface area contributed by atoms with E-state index in [1.807, 2.05) is 0 Å². The highest BCUT2D eigenvalue weighted by molar-refractivity contribution is 8.00. The molecule has 1 heterocycles. The van der Waals surface area contributed by atoms with Crippen molar-refractivity contribution in [1.82, 2.24) is 72.0 Å². The molecule has 0 spiro atoms. The lowest BCUT2D eigenvalue weighted by atomic mass is 9.97. The number of ketones is 1. The largest absolute Gasteiger partial charge is 0.508 e. The number of hydrogen-bond acceptors (Lipinski definition) is 21. The van der Waals surface area contributed by atoms with Crippen molar-refractivity contribution in [3.05, 3.63) is 203 Å². The molecule has 0 saturated carbocycles. The Morgan fingerprint density at radius 3 is 1.45 bits per heavy atom. The summed E-state index contributed by atoms with van der Waals surface area (Å²) < 4.78 is 44.5. The number of nitrogens with zero attached hydrogens (tertiary/aromatic N) is 5. The first-order chi connectivity index (χ1) is 62.4. The van der Waals surface area contributed by atoms with Gasteiger partial charge < -0.3 is 98.3 Å². The highest BCUT2D eigenvalue weighted by Crippen LogP contribution is 2.25. The molecular weight excluding hydrogens is 1730 g/mol. The Bertz CT molecular complexity index is 5210. The number of phenols is 2. The van der Waals surface area contributed by atoms with Crippen LogP contribution >= 0.6 is 11.8 Å². The van der Waals surface area contributed by atoms with E-state index >= 15 is 32.8 Å². The van der Waals surface area contributed by atoms with Crippen LogP contribution in [-0.4, -0.2) is 278 Å². The summed E-state index contributed by atoms with van der Waals surface area (Å²) in [4.78, 5) is 233. The quantitative estimate of drug-likeness (QED) is 0.0192. The van der Waals surface area contributed by atoms with Crippen molar-refractivity contribution in [1.29, 1.82) is 0 Å². The molecule has 39 heteroatoms. The average molecular weight is 1850 g/mol. The number of aromatic hydroxyl groups is 2. The molecule has 7 rings (SSSR count). The second-order valence-electron chi connectivity index (χ2n) is 33.3. The molecule has 13 atom stereocenters. The molecule has 0 radical (unpaired) electrons. The number of hydrogen-bond donors (Lipinski definition) is 14. The van der Waals surface area contributed by atoms with Crippen molar-refractivity contribution >= 4 is 117 Å². The standard InChI is InChI=1S/C93H117F3N16O19S/c1-51(2)35-69(86(124)107-74(85(123)101-47-78(97)117)49-132-50-79(118)103-73(40-60-36-66(94)81(96)67(95)37-60)91(129)112(12)76(42-57-23-17-14-18-24-57)92(130)110(10)55(7)89(127)108(8)53(5)83(121)102-62(48-113)44-80(119)120)105-87(125)70(38-58-27-31-63(114)32-28-58)106-88(126)71(43-61-45-99-68-26-20-19-25-65(61)68)104-84(122)54(6)109(9)90(128)72(39-59-29-33-64(115)34-30-59)100-46-77(116)75(41-56-21-15-13-16-22-56)111(11)93(131)82(98)52(3)4/h13-34,36-37,45,48,51-55,62,69-76,82,99-100,114-115H,35,38-44,46-47,49-50,98H2,1-12H3,(H2,97,117)(H,101,123)(H,102,121)(H,103,118)(H,104,122)(H,105,125)(H,106,126)(H,107,124)(H,119,120)/t53-,54-,55+,62+,69+,70+,71+,72+,73+,74+,75?,76+,82+/m1/s1. The van der Waals surface area contributed by atoms with Gasteiger partial charge in [-0.05, 0) is 128 Å².